The first-order valence-corrected chi connectivity index (χ1v) is 5.70. The molecule has 0 radical (unpaired) electrons. The van der Waals surface area contributed by atoms with E-state index in [9.17, 15) is 0 Å². The maximum atomic E-state index is 2.34. The van der Waals surface area contributed by atoms with Gasteiger partial charge in [0.15, 0.2) is 0 Å². The molecule has 0 nitrogen and oxygen atoms in total. The zero-order valence-electron chi connectivity index (χ0n) is 9.88. The molecule has 0 heterocycles. The Morgan fingerprint density at radius 1 is 1.07 bits per heavy atom. The van der Waals surface area contributed by atoms with Gasteiger partial charge in [-0.05, 0) is 30.7 Å². The van der Waals surface area contributed by atoms with Gasteiger partial charge in [-0.25, -0.2) is 0 Å². The molecule has 0 aliphatic carbocycles. The van der Waals surface area contributed by atoms with Gasteiger partial charge in [-0.3, -0.25) is 0 Å². The zero-order chi connectivity index (χ0) is 10.6. The molecule has 0 fully saturated rings. The summed E-state index contributed by atoms with van der Waals surface area (Å²) in [7, 11) is 0. The summed E-state index contributed by atoms with van der Waals surface area (Å²) in [6, 6.07) is 8.95. The Labute approximate surface area is 88.4 Å². The first kappa shape index (κ1) is 11.3. The Balaban J connectivity index is 2.60. The zero-order valence-corrected chi connectivity index (χ0v) is 9.88. The van der Waals surface area contributed by atoms with Crippen LogP contribution in [0.5, 0.6) is 0 Å². The second-order valence-corrected chi connectivity index (χ2v) is 4.56. The highest BCUT2D eigenvalue weighted by Crippen LogP contribution is 2.24. The van der Waals surface area contributed by atoms with Gasteiger partial charge in [-0.1, -0.05) is 57.0 Å². The van der Waals surface area contributed by atoms with Gasteiger partial charge >= 0.3 is 0 Å². The van der Waals surface area contributed by atoms with Crippen molar-refractivity contribution >= 4 is 0 Å². The minimum absolute atomic E-state index is 0.700. The van der Waals surface area contributed by atoms with E-state index in [2.05, 4.69) is 52.0 Å². The maximum absolute atomic E-state index is 2.34. The van der Waals surface area contributed by atoms with Crippen molar-refractivity contribution < 1.29 is 0 Å². The molecule has 1 rings (SSSR count). The SMILES string of the molecule is CCC(C)CC(C)c1ccc(C)cc1. The average molecular weight is 190 g/mol. The van der Waals surface area contributed by atoms with Crippen LogP contribution in [0.25, 0.3) is 0 Å². The number of benzene rings is 1. The van der Waals surface area contributed by atoms with Gasteiger partial charge in [0.25, 0.3) is 0 Å². The Bertz CT molecular complexity index is 258. The summed E-state index contributed by atoms with van der Waals surface area (Å²) in [6.07, 6.45) is 2.59. The van der Waals surface area contributed by atoms with Crippen LogP contribution >= 0.6 is 0 Å². The number of hydrogen-bond acceptors (Lipinski definition) is 0. The van der Waals surface area contributed by atoms with Crippen LogP contribution in [0.4, 0.5) is 0 Å². The number of aryl methyl sites for hydroxylation is 1. The highest BCUT2D eigenvalue weighted by molar-refractivity contribution is 5.23. The highest BCUT2D eigenvalue weighted by atomic mass is 14.1. The van der Waals surface area contributed by atoms with Crippen LogP contribution in [0.1, 0.15) is 50.7 Å². The maximum Gasteiger partial charge on any atom is -0.0188 e. The smallest absolute Gasteiger partial charge is 0.0188 e. The van der Waals surface area contributed by atoms with Gasteiger partial charge in [0.2, 0.25) is 0 Å². The van der Waals surface area contributed by atoms with Gasteiger partial charge in [0.05, 0.1) is 0 Å². The van der Waals surface area contributed by atoms with E-state index in [-0.39, 0.29) is 0 Å². The molecule has 0 saturated heterocycles. The molecule has 78 valence electrons. The van der Waals surface area contributed by atoms with Gasteiger partial charge in [-0.15, -0.1) is 0 Å². The summed E-state index contributed by atoms with van der Waals surface area (Å²) in [5, 5.41) is 0. The first-order chi connectivity index (χ1) is 6.63. The molecular weight excluding hydrogens is 168 g/mol. The van der Waals surface area contributed by atoms with Crippen LogP contribution in [0, 0.1) is 12.8 Å². The van der Waals surface area contributed by atoms with E-state index in [4.69, 9.17) is 0 Å². The monoisotopic (exact) mass is 190 g/mol. The fourth-order valence-corrected chi connectivity index (χ4v) is 1.80. The highest BCUT2D eigenvalue weighted by Gasteiger charge is 2.08. The topological polar surface area (TPSA) is 0 Å². The average Bonchev–Trinajstić information content (AvgIpc) is 2.18. The Morgan fingerprint density at radius 3 is 2.14 bits per heavy atom. The summed E-state index contributed by atoms with van der Waals surface area (Å²) in [5.41, 5.74) is 2.83. The molecule has 0 aliphatic rings. The third-order valence-corrected chi connectivity index (χ3v) is 3.10. The lowest BCUT2D eigenvalue weighted by atomic mass is 9.90. The van der Waals surface area contributed by atoms with E-state index in [1.165, 1.54) is 24.0 Å². The summed E-state index contributed by atoms with van der Waals surface area (Å²) in [4.78, 5) is 0. The van der Waals surface area contributed by atoms with Crippen molar-refractivity contribution in [3.8, 4) is 0 Å². The molecule has 2 atom stereocenters. The Kier molecular flexibility index (Phi) is 4.19. The number of hydrogen-bond donors (Lipinski definition) is 0. The summed E-state index contributed by atoms with van der Waals surface area (Å²) in [5.74, 6) is 1.54. The van der Waals surface area contributed by atoms with E-state index >= 15 is 0 Å². The molecule has 1 aromatic carbocycles. The van der Waals surface area contributed by atoms with Crippen molar-refractivity contribution in [1.82, 2.24) is 0 Å². The second kappa shape index (κ2) is 5.19. The third-order valence-electron chi connectivity index (χ3n) is 3.10. The lowest BCUT2D eigenvalue weighted by Gasteiger charge is -2.16. The molecule has 0 saturated carbocycles. The Morgan fingerprint density at radius 2 is 1.64 bits per heavy atom. The van der Waals surface area contributed by atoms with Crippen LogP contribution in [0.15, 0.2) is 24.3 Å². The standard InChI is InChI=1S/C14H22/c1-5-11(2)10-13(4)14-8-6-12(3)7-9-14/h6-9,11,13H,5,10H2,1-4H3. The van der Waals surface area contributed by atoms with Crippen molar-refractivity contribution in [2.45, 2.75) is 46.5 Å². The van der Waals surface area contributed by atoms with Crippen molar-refractivity contribution in [3.63, 3.8) is 0 Å². The summed E-state index contributed by atoms with van der Waals surface area (Å²) in [6.45, 7) is 9.08. The van der Waals surface area contributed by atoms with Crippen LogP contribution in [-0.4, -0.2) is 0 Å². The van der Waals surface area contributed by atoms with Crippen molar-refractivity contribution in [3.05, 3.63) is 35.4 Å². The molecule has 0 N–H and O–H groups in total. The van der Waals surface area contributed by atoms with E-state index in [1.807, 2.05) is 0 Å². The predicted molar refractivity (Wildman–Crippen MR) is 63.7 cm³/mol. The van der Waals surface area contributed by atoms with Crippen molar-refractivity contribution in [1.29, 1.82) is 0 Å². The minimum Gasteiger partial charge on any atom is -0.0651 e. The van der Waals surface area contributed by atoms with E-state index in [0.717, 1.165) is 5.92 Å². The van der Waals surface area contributed by atoms with Gasteiger partial charge < -0.3 is 0 Å². The van der Waals surface area contributed by atoms with Crippen LogP contribution < -0.4 is 0 Å². The second-order valence-electron chi connectivity index (χ2n) is 4.56. The molecule has 0 aromatic heterocycles. The largest absolute Gasteiger partial charge is 0.0651 e. The van der Waals surface area contributed by atoms with Crippen molar-refractivity contribution in [2.75, 3.05) is 0 Å². The molecule has 0 aliphatic heterocycles. The molecule has 0 heteroatoms. The van der Waals surface area contributed by atoms with E-state index in [0.29, 0.717) is 5.92 Å². The van der Waals surface area contributed by atoms with Crippen molar-refractivity contribution in [2.24, 2.45) is 5.92 Å². The fourth-order valence-electron chi connectivity index (χ4n) is 1.80. The van der Waals surface area contributed by atoms with Crippen LogP contribution in [-0.2, 0) is 0 Å². The molecule has 0 amide bonds. The number of rotatable bonds is 4. The normalized spacial score (nSPS) is 15.1. The molecular formula is C14H22. The summed E-state index contributed by atoms with van der Waals surface area (Å²) < 4.78 is 0. The quantitative estimate of drug-likeness (QED) is 0.654. The fraction of sp³-hybridized carbons (Fsp3) is 0.571. The van der Waals surface area contributed by atoms with E-state index in [1.54, 1.807) is 0 Å². The summed E-state index contributed by atoms with van der Waals surface area (Å²) >= 11 is 0. The van der Waals surface area contributed by atoms with Gasteiger partial charge in [0, 0.05) is 0 Å². The molecule has 0 bridgehead atoms. The van der Waals surface area contributed by atoms with Crippen LogP contribution in [0.2, 0.25) is 0 Å². The Hall–Kier alpha value is -0.780. The lowest BCUT2D eigenvalue weighted by molar-refractivity contribution is 0.471. The lowest BCUT2D eigenvalue weighted by Crippen LogP contribution is -2.00. The first-order valence-electron chi connectivity index (χ1n) is 5.70. The minimum atomic E-state index is 0.700. The van der Waals surface area contributed by atoms with E-state index < -0.39 is 0 Å². The molecule has 0 spiro atoms. The van der Waals surface area contributed by atoms with Gasteiger partial charge in [-0.2, -0.15) is 0 Å². The van der Waals surface area contributed by atoms with Gasteiger partial charge in [0.1, 0.15) is 0 Å². The van der Waals surface area contributed by atoms with Crippen LogP contribution in [0.3, 0.4) is 0 Å². The molecule has 2 unspecified atom stereocenters. The third kappa shape index (κ3) is 3.17. The predicted octanol–water partition coefficient (Wildman–Crippen LogP) is 4.53. The molecule has 1 aromatic rings. The molecule has 14 heavy (non-hydrogen) atoms.